The maximum Gasteiger partial charge on any atom is 0.284 e. The fraction of sp³-hybridized carbons (Fsp3) is 0. The molecule has 0 fully saturated rings. The lowest BCUT2D eigenvalue weighted by Crippen LogP contribution is -1.96. The van der Waals surface area contributed by atoms with Crippen LogP contribution in [0.1, 0.15) is 5.56 Å². The second kappa shape index (κ2) is 4.36. The molecule has 2 heterocycles. The van der Waals surface area contributed by atoms with Gasteiger partial charge in [0.25, 0.3) is 10.0 Å². The molecule has 5 nitrogen and oxygen atoms in total. The number of benzene rings is 1. The van der Waals surface area contributed by atoms with E-state index in [0.717, 1.165) is 11.8 Å². The summed E-state index contributed by atoms with van der Waals surface area (Å²) in [5.74, 6) is 0. The molecular formula is C12H9N3O2S2. The van der Waals surface area contributed by atoms with Crippen molar-refractivity contribution in [3.8, 4) is 0 Å². The zero-order chi connectivity index (χ0) is 13.5. The Morgan fingerprint density at radius 1 is 1.11 bits per heavy atom. The standard InChI is InChI=1S/C12H9N3O2S2/c13-9-5-3-7-14-12(9)18-11-8-4-1-2-6-10(8)19(16,17)15-11/h1-7H,13H2. The number of pyridine rings is 1. The molecule has 2 N–H and O–H groups in total. The van der Waals surface area contributed by atoms with Crippen LogP contribution in [0.15, 0.2) is 56.9 Å². The summed E-state index contributed by atoms with van der Waals surface area (Å²) in [5, 5.41) is 0.953. The number of sulfonamides is 1. The highest BCUT2D eigenvalue weighted by molar-refractivity contribution is 8.15. The molecule has 0 bridgehead atoms. The number of hydrogen-bond acceptors (Lipinski definition) is 5. The van der Waals surface area contributed by atoms with E-state index in [2.05, 4.69) is 9.38 Å². The number of hydrogen-bond donors (Lipinski definition) is 1. The van der Waals surface area contributed by atoms with Gasteiger partial charge in [0.1, 0.15) is 10.1 Å². The molecule has 0 aliphatic carbocycles. The van der Waals surface area contributed by atoms with Gasteiger partial charge in [0.15, 0.2) is 0 Å². The molecule has 1 aliphatic rings. The third-order valence-corrected chi connectivity index (χ3v) is 5.08. The quantitative estimate of drug-likeness (QED) is 0.867. The first-order chi connectivity index (χ1) is 9.08. The molecule has 3 rings (SSSR count). The van der Waals surface area contributed by atoms with Gasteiger partial charge < -0.3 is 5.73 Å². The van der Waals surface area contributed by atoms with Crippen LogP contribution in [-0.4, -0.2) is 18.4 Å². The maximum atomic E-state index is 11.9. The largest absolute Gasteiger partial charge is 0.397 e. The Bertz CT molecular complexity index is 785. The summed E-state index contributed by atoms with van der Waals surface area (Å²) in [6, 6.07) is 10.2. The summed E-state index contributed by atoms with van der Waals surface area (Å²) >= 11 is 1.16. The van der Waals surface area contributed by atoms with E-state index in [1.807, 2.05) is 0 Å². The van der Waals surface area contributed by atoms with Crippen LogP contribution in [0.3, 0.4) is 0 Å². The van der Waals surface area contributed by atoms with Gasteiger partial charge in [-0.15, -0.1) is 0 Å². The van der Waals surface area contributed by atoms with E-state index in [1.54, 1.807) is 42.6 Å². The Morgan fingerprint density at radius 2 is 1.89 bits per heavy atom. The minimum absolute atomic E-state index is 0.229. The van der Waals surface area contributed by atoms with Crippen LogP contribution in [0.5, 0.6) is 0 Å². The summed E-state index contributed by atoms with van der Waals surface area (Å²) in [7, 11) is -3.59. The van der Waals surface area contributed by atoms with Gasteiger partial charge in [-0.05, 0) is 30.0 Å². The first-order valence-corrected chi connectivity index (χ1v) is 7.66. The van der Waals surface area contributed by atoms with Crippen LogP contribution < -0.4 is 5.73 Å². The Kier molecular flexibility index (Phi) is 2.79. The van der Waals surface area contributed by atoms with E-state index in [0.29, 0.717) is 21.3 Å². The van der Waals surface area contributed by atoms with Gasteiger partial charge in [-0.1, -0.05) is 18.2 Å². The summed E-state index contributed by atoms with van der Waals surface area (Å²) in [6.07, 6.45) is 1.61. The van der Waals surface area contributed by atoms with Crippen molar-refractivity contribution in [2.75, 3.05) is 5.73 Å². The average Bonchev–Trinajstić information content (AvgIpc) is 2.65. The lowest BCUT2D eigenvalue weighted by Gasteiger charge is -2.03. The van der Waals surface area contributed by atoms with Crippen molar-refractivity contribution in [3.63, 3.8) is 0 Å². The second-order valence-electron chi connectivity index (χ2n) is 3.87. The first-order valence-electron chi connectivity index (χ1n) is 5.41. The third-order valence-electron chi connectivity index (χ3n) is 2.59. The number of thioether (sulfide) groups is 1. The van der Waals surface area contributed by atoms with Gasteiger partial charge >= 0.3 is 0 Å². The van der Waals surface area contributed by atoms with Crippen LogP contribution >= 0.6 is 11.8 Å². The summed E-state index contributed by atoms with van der Waals surface area (Å²) < 4.78 is 27.6. The monoisotopic (exact) mass is 291 g/mol. The van der Waals surface area contributed by atoms with Crippen molar-refractivity contribution in [1.29, 1.82) is 0 Å². The SMILES string of the molecule is Nc1cccnc1SC1=NS(=O)(=O)c2ccccc21. The minimum Gasteiger partial charge on any atom is -0.397 e. The topological polar surface area (TPSA) is 85.4 Å². The van der Waals surface area contributed by atoms with E-state index >= 15 is 0 Å². The summed E-state index contributed by atoms with van der Waals surface area (Å²) in [4.78, 5) is 4.35. The number of anilines is 1. The summed E-state index contributed by atoms with van der Waals surface area (Å²) in [5.41, 5.74) is 6.89. The van der Waals surface area contributed by atoms with E-state index in [4.69, 9.17) is 5.73 Å². The number of aromatic nitrogens is 1. The molecule has 1 aliphatic heterocycles. The minimum atomic E-state index is -3.59. The van der Waals surface area contributed by atoms with E-state index in [-0.39, 0.29) is 4.90 Å². The van der Waals surface area contributed by atoms with E-state index in [9.17, 15) is 8.42 Å². The van der Waals surface area contributed by atoms with Gasteiger partial charge in [0, 0.05) is 11.8 Å². The van der Waals surface area contributed by atoms with Crippen molar-refractivity contribution in [3.05, 3.63) is 48.2 Å². The molecule has 7 heteroatoms. The highest BCUT2D eigenvalue weighted by Gasteiger charge is 2.29. The molecule has 1 aromatic heterocycles. The number of nitrogens with two attached hydrogens (primary N) is 1. The van der Waals surface area contributed by atoms with Crippen LogP contribution in [0.25, 0.3) is 0 Å². The molecule has 0 saturated heterocycles. The molecule has 0 saturated carbocycles. The maximum absolute atomic E-state index is 11.9. The molecule has 2 aromatic rings. The Morgan fingerprint density at radius 3 is 2.68 bits per heavy atom. The molecule has 0 spiro atoms. The fourth-order valence-corrected chi connectivity index (χ4v) is 4.12. The van der Waals surface area contributed by atoms with Gasteiger partial charge in [0.2, 0.25) is 0 Å². The molecule has 0 unspecified atom stereocenters. The lowest BCUT2D eigenvalue weighted by molar-refractivity contribution is 0.599. The number of rotatable bonds is 1. The zero-order valence-corrected chi connectivity index (χ0v) is 11.3. The van der Waals surface area contributed by atoms with Gasteiger partial charge in [-0.25, -0.2) is 4.98 Å². The normalized spacial score (nSPS) is 15.9. The van der Waals surface area contributed by atoms with Gasteiger partial charge in [-0.3, -0.25) is 0 Å². The molecule has 0 atom stereocenters. The molecule has 96 valence electrons. The number of nitrogen functional groups attached to an aromatic ring is 1. The van der Waals surface area contributed by atoms with Crippen molar-refractivity contribution >= 4 is 32.5 Å². The fourth-order valence-electron chi connectivity index (χ4n) is 1.73. The predicted molar refractivity (Wildman–Crippen MR) is 74.7 cm³/mol. The molecule has 1 aromatic carbocycles. The second-order valence-corrected chi connectivity index (χ2v) is 6.42. The Hall–Kier alpha value is -1.86. The Labute approximate surface area is 114 Å². The van der Waals surface area contributed by atoms with Crippen molar-refractivity contribution < 1.29 is 8.42 Å². The summed E-state index contributed by atoms with van der Waals surface area (Å²) in [6.45, 7) is 0. The highest BCUT2D eigenvalue weighted by atomic mass is 32.2. The van der Waals surface area contributed by atoms with Crippen LogP contribution in [-0.2, 0) is 10.0 Å². The first kappa shape index (κ1) is 12.2. The van der Waals surface area contributed by atoms with Crippen molar-refractivity contribution in [2.24, 2.45) is 4.40 Å². The third kappa shape index (κ3) is 2.11. The predicted octanol–water partition coefficient (Wildman–Crippen LogP) is 1.91. The zero-order valence-electron chi connectivity index (χ0n) is 9.65. The van der Waals surface area contributed by atoms with Gasteiger partial charge in [-0.2, -0.15) is 12.8 Å². The number of nitrogens with zero attached hydrogens (tertiary/aromatic N) is 2. The molecule has 0 radical (unpaired) electrons. The van der Waals surface area contributed by atoms with E-state index in [1.165, 1.54) is 0 Å². The average molecular weight is 291 g/mol. The van der Waals surface area contributed by atoms with Crippen LogP contribution in [0.4, 0.5) is 5.69 Å². The lowest BCUT2D eigenvalue weighted by atomic mass is 10.2. The van der Waals surface area contributed by atoms with Crippen molar-refractivity contribution in [2.45, 2.75) is 9.92 Å². The number of fused-ring (bicyclic) bond motifs is 1. The smallest absolute Gasteiger partial charge is 0.284 e. The van der Waals surface area contributed by atoms with Crippen LogP contribution in [0, 0.1) is 0 Å². The molecule has 0 amide bonds. The Balaban J connectivity index is 2.07. The van der Waals surface area contributed by atoms with Crippen LogP contribution in [0.2, 0.25) is 0 Å². The molecule has 19 heavy (non-hydrogen) atoms. The van der Waals surface area contributed by atoms with Crippen molar-refractivity contribution in [1.82, 2.24) is 4.98 Å². The van der Waals surface area contributed by atoms with Gasteiger partial charge in [0.05, 0.1) is 10.6 Å². The van der Waals surface area contributed by atoms with E-state index < -0.39 is 10.0 Å². The molecular weight excluding hydrogens is 282 g/mol. The highest BCUT2D eigenvalue weighted by Crippen LogP contribution is 2.34.